The van der Waals surface area contributed by atoms with Crippen LogP contribution in [0.15, 0.2) is 53.7 Å². The van der Waals surface area contributed by atoms with E-state index in [0.717, 1.165) is 23.0 Å². The van der Waals surface area contributed by atoms with Crippen molar-refractivity contribution < 1.29 is 13.9 Å². The molecule has 0 aliphatic rings. The van der Waals surface area contributed by atoms with Crippen LogP contribution in [0.1, 0.15) is 16.8 Å². The van der Waals surface area contributed by atoms with E-state index < -0.39 is 5.82 Å². The van der Waals surface area contributed by atoms with Gasteiger partial charge in [-0.25, -0.2) is 9.07 Å². The van der Waals surface area contributed by atoms with Crippen molar-refractivity contribution in [3.05, 3.63) is 71.2 Å². The van der Waals surface area contributed by atoms with E-state index >= 15 is 0 Å². The van der Waals surface area contributed by atoms with Crippen molar-refractivity contribution in [3.8, 4) is 28.9 Å². The first-order chi connectivity index (χ1) is 16.8. The van der Waals surface area contributed by atoms with Gasteiger partial charge < -0.3 is 15.9 Å². The zero-order chi connectivity index (χ0) is 25.1. The molecule has 0 aliphatic carbocycles. The molecule has 0 radical (unpaired) electrons. The van der Waals surface area contributed by atoms with Crippen LogP contribution >= 0.6 is 11.8 Å². The Morgan fingerprint density at radius 1 is 1.23 bits per heavy atom. The highest BCUT2D eigenvalue weighted by molar-refractivity contribution is 7.99. The van der Waals surface area contributed by atoms with Gasteiger partial charge in [-0.15, -0.1) is 10.2 Å². The normalized spacial score (nSPS) is 10.7. The fourth-order valence-electron chi connectivity index (χ4n) is 3.61. The Kier molecular flexibility index (Phi) is 6.75. The minimum Gasteiger partial charge on any atom is -0.497 e. The standard InChI is InChI=1S/C24H22FN7O2S/c1-14-15(2)31(18-6-4-5-17(25)11-18)23(20(14)12-26)28-21(33)13-35-24-30-29-22(32(24)27)16-7-9-19(34-3)10-8-16/h4-11H,13,27H2,1-3H3,(H,28,33). The number of ether oxygens (including phenoxy) is 1. The van der Waals surface area contributed by atoms with Crippen molar-refractivity contribution in [2.75, 3.05) is 24.0 Å². The number of benzene rings is 2. The quantitative estimate of drug-likeness (QED) is 0.298. The fraction of sp³-hybridized carbons (Fsp3) is 0.167. The number of methoxy groups -OCH3 is 1. The first-order valence-electron chi connectivity index (χ1n) is 10.5. The molecule has 0 atom stereocenters. The van der Waals surface area contributed by atoms with Gasteiger partial charge in [-0.05, 0) is 61.9 Å². The molecule has 0 fully saturated rings. The van der Waals surface area contributed by atoms with Gasteiger partial charge in [0.15, 0.2) is 5.82 Å². The fourth-order valence-corrected chi connectivity index (χ4v) is 4.27. The van der Waals surface area contributed by atoms with Crippen LogP contribution in [-0.4, -0.2) is 38.2 Å². The Hall–Kier alpha value is -4.30. The largest absolute Gasteiger partial charge is 0.497 e. The van der Waals surface area contributed by atoms with Crippen LogP contribution in [0, 0.1) is 31.0 Å². The highest BCUT2D eigenvalue weighted by Crippen LogP contribution is 2.31. The second kappa shape index (κ2) is 9.90. The average molecular weight is 492 g/mol. The summed E-state index contributed by atoms with van der Waals surface area (Å²) < 4.78 is 22.0. The molecule has 0 bridgehead atoms. The van der Waals surface area contributed by atoms with E-state index in [4.69, 9.17) is 10.6 Å². The van der Waals surface area contributed by atoms with Crippen LogP contribution in [0.3, 0.4) is 0 Å². The van der Waals surface area contributed by atoms with E-state index in [1.807, 2.05) is 19.1 Å². The molecule has 4 aromatic rings. The van der Waals surface area contributed by atoms with Gasteiger partial charge in [0.2, 0.25) is 11.1 Å². The molecule has 0 aliphatic heterocycles. The van der Waals surface area contributed by atoms with Crippen LogP contribution in [0.25, 0.3) is 17.1 Å². The third kappa shape index (κ3) is 4.69. The number of hydrogen-bond acceptors (Lipinski definition) is 7. The second-order valence-corrected chi connectivity index (χ2v) is 8.55. The molecule has 4 rings (SSSR count). The molecule has 2 aromatic carbocycles. The number of nitrogens with one attached hydrogen (secondary N) is 1. The van der Waals surface area contributed by atoms with Crippen molar-refractivity contribution in [1.29, 1.82) is 5.26 Å². The molecule has 9 nitrogen and oxygen atoms in total. The molecule has 0 saturated heterocycles. The molecule has 0 unspecified atom stereocenters. The van der Waals surface area contributed by atoms with Crippen molar-refractivity contribution >= 4 is 23.5 Å². The van der Waals surface area contributed by atoms with Crippen LogP contribution < -0.4 is 15.9 Å². The molecule has 0 saturated carbocycles. The van der Waals surface area contributed by atoms with Gasteiger partial charge in [0.05, 0.1) is 24.1 Å². The number of nitrogens with zero attached hydrogens (tertiary/aromatic N) is 5. The first kappa shape index (κ1) is 23.8. The van der Waals surface area contributed by atoms with Gasteiger partial charge in [-0.1, -0.05) is 17.8 Å². The Labute approximate surface area is 205 Å². The summed E-state index contributed by atoms with van der Waals surface area (Å²) in [6.07, 6.45) is 0. The number of carbonyl (C=O) groups is 1. The third-order valence-corrected chi connectivity index (χ3v) is 6.44. The van der Waals surface area contributed by atoms with Crippen molar-refractivity contribution in [2.24, 2.45) is 0 Å². The maximum Gasteiger partial charge on any atom is 0.236 e. The molecule has 35 heavy (non-hydrogen) atoms. The van der Waals surface area contributed by atoms with Crippen molar-refractivity contribution in [3.63, 3.8) is 0 Å². The predicted octanol–water partition coefficient (Wildman–Crippen LogP) is 3.82. The average Bonchev–Trinajstić information content (AvgIpc) is 3.33. The molecule has 3 N–H and O–H groups in total. The zero-order valence-corrected chi connectivity index (χ0v) is 20.1. The lowest BCUT2D eigenvalue weighted by atomic mass is 10.2. The summed E-state index contributed by atoms with van der Waals surface area (Å²) in [5, 5.41) is 21.0. The third-order valence-electron chi connectivity index (χ3n) is 5.49. The number of nitrogens with two attached hydrogens (primary N) is 1. The van der Waals surface area contributed by atoms with E-state index in [1.54, 1.807) is 42.9 Å². The number of hydrogen-bond donors (Lipinski definition) is 2. The molecule has 2 heterocycles. The Balaban J connectivity index is 1.53. The summed E-state index contributed by atoms with van der Waals surface area (Å²) in [5.74, 6) is 6.74. The lowest BCUT2D eigenvalue weighted by Crippen LogP contribution is -2.19. The summed E-state index contributed by atoms with van der Waals surface area (Å²) in [6.45, 7) is 3.59. The van der Waals surface area contributed by atoms with E-state index in [2.05, 4.69) is 21.6 Å². The Morgan fingerprint density at radius 3 is 2.63 bits per heavy atom. The minimum absolute atomic E-state index is 0.0325. The van der Waals surface area contributed by atoms with Crippen molar-refractivity contribution in [2.45, 2.75) is 19.0 Å². The molecule has 2 aromatic heterocycles. The highest BCUT2D eigenvalue weighted by Gasteiger charge is 2.22. The molecule has 11 heteroatoms. The molecule has 178 valence electrons. The Bertz CT molecular complexity index is 1440. The number of halogens is 1. The summed E-state index contributed by atoms with van der Waals surface area (Å²) >= 11 is 1.10. The van der Waals surface area contributed by atoms with Crippen LogP contribution in [-0.2, 0) is 4.79 Å². The smallest absolute Gasteiger partial charge is 0.236 e. The summed E-state index contributed by atoms with van der Waals surface area (Å²) in [7, 11) is 1.58. The number of carbonyl (C=O) groups excluding carboxylic acids is 1. The molecule has 1 amide bonds. The van der Waals surface area contributed by atoms with Crippen LogP contribution in [0.5, 0.6) is 5.75 Å². The van der Waals surface area contributed by atoms with E-state index in [0.29, 0.717) is 33.5 Å². The number of nitrogen functional groups attached to an aromatic ring is 1. The van der Waals surface area contributed by atoms with Crippen LogP contribution in [0.4, 0.5) is 10.2 Å². The first-order valence-corrected chi connectivity index (χ1v) is 11.5. The Morgan fingerprint density at radius 2 is 1.97 bits per heavy atom. The highest BCUT2D eigenvalue weighted by atomic mass is 32.2. The summed E-state index contributed by atoms with van der Waals surface area (Å²) in [4.78, 5) is 12.8. The molecule has 0 spiro atoms. The number of aromatic nitrogens is 4. The van der Waals surface area contributed by atoms with E-state index in [-0.39, 0.29) is 17.5 Å². The topological polar surface area (TPSA) is 124 Å². The zero-order valence-electron chi connectivity index (χ0n) is 19.2. The van der Waals surface area contributed by atoms with E-state index in [1.165, 1.54) is 16.8 Å². The maximum absolute atomic E-state index is 13.9. The molecular formula is C24H22FN7O2S. The number of thioether (sulfide) groups is 1. The van der Waals surface area contributed by atoms with E-state index in [9.17, 15) is 14.4 Å². The SMILES string of the molecule is COc1ccc(-c2nnc(SCC(=O)Nc3c(C#N)c(C)c(C)n3-c3cccc(F)c3)n2N)cc1. The van der Waals surface area contributed by atoms with Gasteiger partial charge in [0.1, 0.15) is 23.5 Å². The number of rotatable bonds is 7. The monoisotopic (exact) mass is 491 g/mol. The van der Waals surface area contributed by atoms with Gasteiger partial charge in [-0.3, -0.25) is 9.36 Å². The van der Waals surface area contributed by atoms with Gasteiger partial charge in [0.25, 0.3) is 0 Å². The van der Waals surface area contributed by atoms with Crippen LogP contribution in [0.2, 0.25) is 0 Å². The predicted molar refractivity (Wildman–Crippen MR) is 131 cm³/mol. The minimum atomic E-state index is -0.422. The number of amides is 1. The molecular weight excluding hydrogens is 469 g/mol. The number of anilines is 1. The lowest BCUT2D eigenvalue weighted by Gasteiger charge is -2.13. The summed E-state index contributed by atoms with van der Waals surface area (Å²) in [6, 6.07) is 15.3. The van der Waals surface area contributed by atoms with Gasteiger partial charge in [0, 0.05) is 11.3 Å². The van der Waals surface area contributed by atoms with Gasteiger partial charge in [-0.2, -0.15) is 5.26 Å². The number of nitriles is 1. The summed E-state index contributed by atoms with van der Waals surface area (Å²) in [5.41, 5.74) is 2.98. The lowest BCUT2D eigenvalue weighted by molar-refractivity contribution is -0.113. The maximum atomic E-state index is 13.9. The van der Waals surface area contributed by atoms with Crippen molar-refractivity contribution in [1.82, 2.24) is 19.4 Å². The second-order valence-electron chi connectivity index (χ2n) is 7.60. The van der Waals surface area contributed by atoms with Gasteiger partial charge >= 0.3 is 0 Å².